The van der Waals surface area contributed by atoms with Crippen LogP contribution >= 0.6 is 0 Å². The molecular weight excluding hydrogens is 272 g/mol. The van der Waals surface area contributed by atoms with E-state index in [2.05, 4.69) is 20.8 Å². The van der Waals surface area contributed by atoms with Crippen LogP contribution in [0.2, 0.25) is 0 Å². The zero-order valence-corrected chi connectivity index (χ0v) is 15.1. The highest BCUT2D eigenvalue weighted by Crippen LogP contribution is 2.65. The molecule has 0 aromatic carbocycles. The lowest BCUT2D eigenvalue weighted by molar-refractivity contribution is -0.165. The molecule has 22 heavy (non-hydrogen) atoms. The van der Waals surface area contributed by atoms with Gasteiger partial charge in [0.1, 0.15) is 5.60 Å². The van der Waals surface area contributed by atoms with E-state index in [9.17, 15) is 4.79 Å². The molecule has 126 valence electrons. The van der Waals surface area contributed by atoms with E-state index in [0.717, 1.165) is 42.4 Å². The first-order chi connectivity index (χ1) is 10.4. The van der Waals surface area contributed by atoms with Crippen molar-refractivity contribution >= 4 is 5.97 Å². The molecule has 3 rings (SSSR count). The highest BCUT2D eigenvalue weighted by atomic mass is 16.6. The van der Waals surface area contributed by atoms with Crippen LogP contribution in [-0.4, -0.2) is 11.6 Å². The number of fused-ring (bicyclic) bond motifs is 5. The van der Waals surface area contributed by atoms with Crippen LogP contribution < -0.4 is 0 Å². The Balaban J connectivity index is 1.74. The van der Waals surface area contributed by atoms with Crippen LogP contribution in [0.25, 0.3) is 0 Å². The second-order valence-corrected chi connectivity index (χ2v) is 8.76. The number of carbonyl (C=O) groups is 1. The molecule has 3 aliphatic rings. The summed E-state index contributed by atoms with van der Waals surface area (Å²) in [5, 5.41) is 0. The van der Waals surface area contributed by atoms with Gasteiger partial charge in [-0.25, -0.2) is 0 Å². The molecule has 3 aliphatic carbocycles. The number of esters is 1. The van der Waals surface area contributed by atoms with E-state index in [0.29, 0.717) is 5.92 Å². The second-order valence-electron chi connectivity index (χ2n) is 8.76. The Hall–Kier alpha value is -0.530. The lowest BCUT2D eigenvalue weighted by Crippen LogP contribution is -2.38. The topological polar surface area (TPSA) is 26.3 Å². The normalized spacial score (nSPS) is 43.4. The van der Waals surface area contributed by atoms with E-state index >= 15 is 0 Å². The Bertz CT molecular complexity index is 427. The number of hydrogen-bond donors (Lipinski definition) is 0. The first kappa shape index (κ1) is 16.3. The van der Waals surface area contributed by atoms with Gasteiger partial charge in [-0.05, 0) is 75.0 Å². The van der Waals surface area contributed by atoms with Crippen LogP contribution in [0.4, 0.5) is 0 Å². The van der Waals surface area contributed by atoms with Gasteiger partial charge in [-0.2, -0.15) is 0 Å². The van der Waals surface area contributed by atoms with Crippen LogP contribution in [0.5, 0.6) is 0 Å². The number of rotatable bonds is 5. The fourth-order valence-corrected chi connectivity index (χ4v) is 6.09. The van der Waals surface area contributed by atoms with Gasteiger partial charge in [0.05, 0.1) is 5.92 Å². The predicted octanol–water partition coefficient (Wildman–Crippen LogP) is 5.06. The van der Waals surface area contributed by atoms with Crippen molar-refractivity contribution in [2.24, 2.45) is 41.4 Å². The molecule has 2 heteroatoms. The van der Waals surface area contributed by atoms with Crippen molar-refractivity contribution < 1.29 is 9.53 Å². The van der Waals surface area contributed by atoms with Crippen LogP contribution in [0.3, 0.4) is 0 Å². The molecule has 7 atom stereocenters. The third kappa shape index (κ3) is 2.51. The molecule has 3 saturated carbocycles. The van der Waals surface area contributed by atoms with Crippen molar-refractivity contribution in [3.8, 4) is 0 Å². The van der Waals surface area contributed by atoms with Gasteiger partial charge in [0.15, 0.2) is 0 Å². The van der Waals surface area contributed by atoms with E-state index < -0.39 is 0 Å². The minimum Gasteiger partial charge on any atom is -0.459 e. The third-order valence-corrected chi connectivity index (χ3v) is 7.41. The van der Waals surface area contributed by atoms with Crippen molar-refractivity contribution in [1.82, 2.24) is 0 Å². The summed E-state index contributed by atoms with van der Waals surface area (Å²) < 4.78 is 5.86. The van der Waals surface area contributed by atoms with Gasteiger partial charge in [-0.3, -0.25) is 4.79 Å². The number of ether oxygens (including phenoxy) is 1. The minimum atomic E-state index is -0.301. The van der Waals surface area contributed by atoms with Gasteiger partial charge in [0, 0.05) is 0 Å². The fourth-order valence-electron chi connectivity index (χ4n) is 6.09. The fraction of sp³-hybridized carbons (Fsp3) is 0.950. The summed E-state index contributed by atoms with van der Waals surface area (Å²) in [6, 6.07) is 0. The molecule has 0 radical (unpaired) electrons. The molecule has 2 bridgehead atoms. The Morgan fingerprint density at radius 3 is 2.23 bits per heavy atom. The molecule has 3 fully saturated rings. The van der Waals surface area contributed by atoms with E-state index in [4.69, 9.17) is 4.74 Å². The number of hydrogen-bond acceptors (Lipinski definition) is 2. The van der Waals surface area contributed by atoms with E-state index in [-0.39, 0.29) is 17.5 Å². The summed E-state index contributed by atoms with van der Waals surface area (Å²) in [5.74, 6) is 5.25. The molecule has 0 spiro atoms. The Morgan fingerprint density at radius 2 is 1.64 bits per heavy atom. The molecule has 0 saturated heterocycles. The summed E-state index contributed by atoms with van der Waals surface area (Å²) in [7, 11) is 0. The van der Waals surface area contributed by atoms with E-state index in [1.165, 1.54) is 25.7 Å². The Kier molecular flexibility index (Phi) is 4.33. The highest BCUT2D eigenvalue weighted by molar-refractivity contribution is 5.74. The molecule has 0 aromatic heterocycles. The standard InChI is InChI=1S/C20H34O2/c1-6-12-9-13(7-2)18-15-10-14(17(12)18)11-16(15)19(21)22-20(4,5)8-3/h12-18H,6-11H2,1-5H3/t12-,13+,14-,15+,16?,17-,18+/m1/s1. The minimum absolute atomic E-state index is 0.104. The summed E-state index contributed by atoms with van der Waals surface area (Å²) in [6.45, 7) is 10.9. The van der Waals surface area contributed by atoms with Crippen molar-refractivity contribution in [2.45, 2.75) is 78.7 Å². The molecule has 1 unspecified atom stereocenters. The number of carbonyl (C=O) groups excluding carboxylic acids is 1. The summed E-state index contributed by atoms with van der Waals surface area (Å²) in [5.41, 5.74) is -0.301. The van der Waals surface area contributed by atoms with Crippen molar-refractivity contribution in [3.05, 3.63) is 0 Å². The molecule has 0 aliphatic heterocycles. The SMILES string of the molecule is CC[C@@H]1C[C@H](CC)[C@@H]2[C@H]1[C@H]1CC(C(=O)OC(C)(C)CC)[C@@H]2C1. The van der Waals surface area contributed by atoms with Crippen LogP contribution in [-0.2, 0) is 9.53 Å². The van der Waals surface area contributed by atoms with Gasteiger partial charge in [-0.1, -0.05) is 33.6 Å². The van der Waals surface area contributed by atoms with Crippen LogP contribution in [0, 0.1) is 41.4 Å². The maximum absolute atomic E-state index is 12.7. The van der Waals surface area contributed by atoms with Crippen LogP contribution in [0.15, 0.2) is 0 Å². The first-order valence-electron chi connectivity index (χ1n) is 9.64. The molecular formula is C20H34O2. The van der Waals surface area contributed by atoms with Gasteiger partial charge >= 0.3 is 5.97 Å². The smallest absolute Gasteiger partial charge is 0.309 e. The van der Waals surface area contributed by atoms with Crippen molar-refractivity contribution in [3.63, 3.8) is 0 Å². The largest absolute Gasteiger partial charge is 0.459 e. The summed E-state index contributed by atoms with van der Waals surface area (Å²) >= 11 is 0. The Morgan fingerprint density at radius 1 is 1.00 bits per heavy atom. The molecule has 2 nitrogen and oxygen atoms in total. The van der Waals surface area contributed by atoms with Gasteiger partial charge in [0.25, 0.3) is 0 Å². The highest BCUT2D eigenvalue weighted by Gasteiger charge is 2.61. The second kappa shape index (κ2) is 5.83. The summed E-state index contributed by atoms with van der Waals surface area (Å²) in [6.07, 6.45) is 7.34. The molecule has 0 N–H and O–H groups in total. The average Bonchev–Trinajstić information content (AvgIpc) is 3.16. The zero-order valence-electron chi connectivity index (χ0n) is 15.1. The van der Waals surface area contributed by atoms with Gasteiger partial charge in [-0.15, -0.1) is 0 Å². The van der Waals surface area contributed by atoms with Crippen LogP contribution in [0.1, 0.15) is 73.1 Å². The van der Waals surface area contributed by atoms with Crippen molar-refractivity contribution in [1.29, 1.82) is 0 Å². The van der Waals surface area contributed by atoms with E-state index in [1.807, 2.05) is 13.8 Å². The molecule has 0 amide bonds. The first-order valence-corrected chi connectivity index (χ1v) is 9.64. The maximum atomic E-state index is 12.7. The van der Waals surface area contributed by atoms with Gasteiger partial charge < -0.3 is 4.74 Å². The summed E-state index contributed by atoms with van der Waals surface area (Å²) in [4.78, 5) is 12.7. The third-order valence-electron chi connectivity index (χ3n) is 7.41. The average molecular weight is 306 g/mol. The van der Waals surface area contributed by atoms with Crippen molar-refractivity contribution in [2.75, 3.05) is 0 Å². The predicted molar refractivity (Wildman–Crippen MR) is 89.3 cm³/mol. The van der Waals surface area contributed by atoms with E-state index in [1.54, 1.807) is 0 Å². The monoisotopic (exact) mass is 306 g/mol. The lowest BCUT2D eigenvalue weighted by atomic mass is 9.70. The zero-order chi connectivity index (χ0) is 16.1. The lowest BCUT2D eigenvalue weighted by Gasteiger charge is -2.36. The quantitative estimate of drug-likeness (QED) is 0.663. The maximum Gasteiger partial charge on any atom is 0.309 e. The van der Waals surface area contributed by atoms with Gasteiger partial charge in [0.2, 0.25) is 0 Å². The molecule has 0 aromatic rings. The molecule has 0 heterocycles. The Labute approximate surface area is 136 Å².